The highest BCUT2D eigenvalue weighted by Gasteiger charge is 2.31. The van der Waals surface area contributed by atoms with Crippen LogP contribution in [-0.4, -0.2) is 54.1 Å². The van der Waals surface area contributed by atoms with E-state index in [4.69, 9.17) is 9.52 Å². The van der Waals surface area contributed by atoms with Gasteiger partial charge in [-0.25, -0.2) is 13.2 Å². The molecule has 1 aromatic heterocycles. The minimum Gasteiger partial charge on any atom is -0.475 e. The summed E-state index contributed by atoms with van der Waals surface area (Å²) in [5, 5.41) is 8.42. The Hall–Kier alpha value is -0.990. The Morgan fingerprint density at radius 3 is 2.85 bits per heavy atom. The highest BCUT2D eigenvalue weighted by atomic mass is 32.2. The van der Waals surface area contributed by atoms with Crippen LogP contribution in [0.3, 0.4) is 0 Å². The van der Waals surface area contributed by atoms with Crippen molar-refractivity contribution in [1.29, 1.82) is 0 Å². The summed E-state index contributed by atoms with van der Waals surface area (Å²) in [6.45, 7) is 2.62. The van der Waals surface area contributed by atoms with E-state index in [1.165, 1.54) is 6.26 Å². The Morgan fingerprint density at radius 2 is 2.30 bits per heavy atom. The van der Waals surface area contributed by atoms with Crippen LogP contribution in [0.15, 0.2) is 10.5 Å². The van der Waals surface area contributed by atoms with Crippen molar-refractivity contribution in [3.05, 3.63) is 23.2 Å². The number of aromatic carboxylic acids is 1. The van der Waals surface area contributed by atoms with Crippen molar-refractivity contribution in [2.45, 2.75) is 18.8 Å². The quantitative estimate of drug-likeness (QED) is 0.892. The maximum absolute atomic E-state index is 11.8. The molecule has 1 N–H and O–H groups in total. The molecule has 1 atom stereocenters. The maximum Gasteiger partial charge on any atom is 0.372 e. The van der Waals surface area contributed by atoms with Gasteiger partial charge in [0.05, 0.1) is 6.54 Å². The Kier molecular flexibility index (Phi) is 4.46. The van der Waals surface area contributed by atoms with Crippen molar-refractivity contribution in [1.82, 2.24) is 4.90 Å². The molecule has 0 bridgehead atoms. The number of sulfone groups is 1. The van der Waals surface area contributed by atoms with Crippen molar-refractivity contribution < 1.29 is 22.7 Å². The molecule has 8 heteroatoms. The molecule has 0 spiro atoms. The Balaban J connectivity index is 2.19. The predicted molar refractivity (Wildman–Crippen MR) is 76.8 cm³/mol. The minimum absolute atomic E-state index is 0.0812. The van der Waals surface area contributed by atoms with Crippen molar-refractivity contribution in [3.8, 4) is 0 Å². The van der Waals surface area contributed by atoms with Gasteiger partial charge in [0.25, 0.3) is 0 Å². The number of hydrogen-bond acceptors (Lipinski definition) is 6. The van der Waals surface area contributed by atoms with Gasteiger partial charge in [0, 0.05) is 29.9 Å². The van der Waals surface area contributed by atoms with E-state index < -0.39 is 21.2 Å². The van der Waals surface area contributed by atoms with Gasteiger partial charge in [-0.05, 0) is 13.0 Å². The number of nitrogens with zero attached hydrogens (tertiary/aromatic N) is 1. The van der Waals surface area contributed by atoms with Crippen LogP contribution in [0.4, 0.5) is 0 Å². The number of rotatable bonds is 4. The normalized spacial score (nSPS) is 21.0. The molecule has 2 rings (SSSR count). The second-order valence-corrected chi connectivity index (χ2v) is 8.21. The molecule has 2 heterocycles. The maximum atomic E-state index is 11.8. The number of furan rings is 1. The number of carboxylic acid groups (broad SMARTS) is 1. The summed E-state index contributed by atoms with van der Waals surface area (Å²) in [6, 6.07) is 1.66. The van der Waals surface area contributed by atoms with Crippen molar-refractivity contribution in [2.75, 3.05) is 24.3 Å². The summed E-state index contributed by atoms with van der Waals surface area (Å²) in [5.41, 5.74) is 0.551. The fraction of sp³-hybridized carbons (Fsp3) is 0.583. The van der Waals surface area contributed by atoms with Gasteiger partial charge >= 0.3 is 5.97 Å². The SMILES string of the molecule is Cc1cc(CN2CCSCC2S(C)(=O)=O)oc1C(=O)O. The number of thioether (sulfide) groups is 1. The van der Waals surface area contributed by atoms with E-state index in [-0.39, 0.29) is 5.76 Å². The van der Waals surface area contributed by atoms with Crippen LogP contribution in [0.25, 0.3) is 0 Å². The lowest BCUT2D eigenvalue weighted by atomic mass is 10.2. The van der Waals surface area contributed by atoms with Crippen LogP contribution in [0, 0.1) is 6.92 Å². The minimum atomic E-state index is -3.17. The number of carbonyl (C=O) groups is 1. The van der Waals surface area contributed by atoms with Gasteiger partial charge in [0.2, 0.25) is 5.76 Å². The third-order valence-corrected chi connectivity index (χ3v) is 5.89. The first-order valence-electron chi connectivity index (χ1n) is 6.12. The van der Waals surface area contributed by atoms with E-state index in [2.05, 4.69) is 0 Å². The van der Waals surface area contributed by atoms with Crippen LogP contribution >= 0.6 is 11.8 Å². The van der Waals surface area contributed by atoms with Gasteiger partial charge < -0.3 is 9.52 Å². The lowest BCUT2D eigenvalue weighted by molar-refractivity contribution is 0.0657. The fourth-order valence-corrected chi connectivity index (χ4v) is 5.17. The summed E-state index contributed by atoms with van der Waals surface area (Å²) in [6.07, 6.45) is 1.23. The van der Waals surface area contributed by atoms with Gasteiger partial charge in [-0.15, -0.1) is 0 Å². The molecule has 1 aromatic rings. The first kappa shape index (κ1) is 15.4. The van der Waals surface area contributed by atoms with Crippen molar-refractivity contribution in [3.63, 3.8) is 0 Å². The third-order valence-electron chi connectivity index (χ3n) is 3.21. The highest BCUT2D eigenvalue weighted by molar-refractivity contribution is 8.00. The number of carboxylic acids is 1. The van der Waals surface area contributed by atoms with E-state index in [9.17, 15) is 13.2 Å². The highest BCUT2D eigenvalue weighted by Crippen LogP contribution is 2.24. The summed E-state index contributed by atoms with van der Waals surface area (Å²) < 4.78 is 28.9. The Morgan fingerprint density at radius 1 is 1.60 bits per heavy atom. The topological polar surface area (TPSA) is 87.8 Å². The van der Waals surface area contributed by atoms with Gasteiger partial charge in [-0.2, -0.15) is 11.8 Å². The second kappa shape index (κ2) is 5.79. The second-order valence-electron chi connectivity index (χ2n) is 4.86. The van der Waals surface area contributed by atoms with Gasteiger partial charge in [-0.3, -0.25) is 4.90 Å². The number of aryl methyl sites for hydroxylation is 1. The molecule has 0 aliphatic carbocycles. The summed E-state index contributed by atoms with van der Waals surface area (Å²) in [5.74, 6) is 0.687. The van der Waals surface area contributed by atoms with Crippen LogP contribution in [0.2, 0.25) is 0 Å². The molecule has 6 nitrogen and oxygen atoms in total. The van der Waals surface area contributed by atoms with Gasteiger partial charge in [0.15, 0.2) is 9.84 Å². The molecule has 1 aliphatic heterocycles. The summed E-state index contributed by atoms with van der Waals surface area (Å²) >= 11 is 1.61. The van der Waals surface area contributed by atoms with Crippen LogP contribution in [0.5, 0.6) is 0 Å². The molecule has 0 saturated carbocycles. The predicted octanol–water partition coefficient (Wildman–Crippen LogP) is 1.21. The zero-order valence-electron chi connectivity index (χ0n) is 11.3. The van der Waals surface area contributed by atoms with Crippen LogP contribution < -0.4 is 0 Å². The molecule has 20 heavy (non-hydrogen) atoms. The van der Waals surface area contributed by atoms with Crippen molar-refractivity contribution >= 4 is 27.6 Å². The average molecular weight is 319 g/mol. The monoisotopic (exact) mass is 319 g/mol. The van der Waals surface area contributed by atoms with E-state index in [0.29, 0.717) is 30.2 Å². The van der Waals surface area contributed by atoms with E-state index in [1.807, 2.05) is 4.90 Å². The summed E-state index contributed by atoms with van der Waals surface area (Å²) in [7, 11) is -3.17. The standard InChI is InChI=1S/C12H17NO5S2/c1-8-5-9(18-11(8)12(14)15)6-13-3-4-19-7-10(13)20(2,16)17/h5,10H,3-4,6-7H2,1-2H3,(H,14,15). The third kappa shape index (κ3) is 3.36. The van der Waals surface area contributed by atoms with Crippen molar-refractivity contribution in [2.24, 2.45) is 0 Å². The molecule has 1 fully saturated rings. The van der Waals surface area contributed by atoms with E-state index in [0.717, 1.165) is 5.75 Å². The largest absolute Gasteiger partial charge is 0.475 e. The zero-order valence-corrected chi connectivity index (χ0v) is 13.0. The summed E-state index contributed by atoms with van der Waals surface area (Å²) in [4.78, 5) is 12.8. The Bertz CT molecular complexity index is 607. The zero-order chi connectivity index (χ0) is 14.9. The fourth-order valence-electron chi connectivity index (χ4n) is 2.23. The molecule has 0 aromatic carbocycles. The number of hydrogen-bond donors (Lipinski definition) is 1. The van der Waals surface area contributed by atoms with Crippen LogP contribution in [0.1, 0.15) is 21.9 Å². The van der Waals surface area contributed by atoms with Gasteiger partial charge in [-0.1, -0.05) is 0 Å². The Labute approximate surface area is 122 Å². The van der Waals surface area contributed by atoms with E-state index in [1.54, 1.807) is 24.8 Å². The molecule has 1 aliphatic rings. The molecule has 1 unspecified atom stereocenters. The van der Waals surface area contributed by atoms with Gasteiger partial charge in [0.1, 0.15) is 11.1 Å². The molecule has 0 radical (unpaired) electrons. The molecule has 1 saturated heterocycles. The first-order chi connectivity index (χ1) is 9.29. The lowest BCUT2D eigenvalue weighted by Gasteiger charge is -2.33. The average Bonchev–Trinajstić information content (AvgIpc) is 2.69. The lowest BCUT2D eigenvalue weighted by Crippen LogP contribution is -2.46. The molecular weight excluding hydrogens is 302 g/mol. The van der Waals surface area contributed by atoms with E-state index >= 15 is 0 Å². The van der Waals surface area contributed by atoms with Crippen LogP contribution in [-0.2, 0) is 16.4 Å². The smallest absolute Gasteiger partial charge is 0.372 e. The molecular formula is C12H17NO5S2. The molecule has 112 valence electrons. The molecule has 0 amide bonds. The first-order valence-corrected chi connectivity index (χ1v) is 9.23.